The van der Waals surface area contributed by atoms with Crippen molar-refractivity contribution in [3.63, 3.8) is 0 Å². The third-order valence-corrected chi connectivity index (χ3v) is 5.48. The van der Waals surface area contributed by atoms with Crippen molar-refractivity contribution in [2.45, 2.75) is 0 Å². The summed E-state index contributed by atoms with van der Waals surface area (Å²) in [6, 6.07) is 24.0. The molecule has 0 atom stereocenters. The molecule has 0 radical (unpaired) electrons. The summed E-state index contributed by atoms with van der Waals surface area (Å²) in [4.78, 5) is 4.52. The second kappa shape index (κ2) is 7.88. The smallest absolute Gasteiger partial charge is 0.204 e. The minimum atomic E-state index is -0.283. The van der Waals surface area contributed by atoms with Crippen LogP contribution in [0.3, 0.4) is 0 Å². The van der Waals surface area contributed by atoms with Gasteiger partial charge in [0.05, 0.1) is 22.1 Å². The predicted octanol–water partition coefficient (Wildman–Crippen LogP) is 5.73. The third-order valence-electron chi connectivity index (χ3n) is 4.54. The number of halogens is 1. The highest BCUT2D eigenvalue weighted by atomic mass is 32.1. The monoisotopic (exact) mass is 413 g/mol. The number of rotatable bonds is 5. The summed E-state index contributed by atoms with van der Waals surface area (Å²) in [5.74, 6) is -0.283. The average molecular weight is 413 g/mol. The van der Waals surface area contributed by atoms with Crippen LogP contribution in [0.25, 0.3) is 27.2 Å². The second-order valence-electron chi connectivity index (χ2n) is 6.58. The second-order valence-corrected chi connectivity index (χ2v) is 7.61. The van der Waals surface area contributed by atoms with Gasteiger partial charge in [0.25, 0.3) is 0 Å². The molecule has 5 aromatic rings. The lowest BCUT2D eigenvalue weighted by Gasteiger charge is -2.00. The molecule has 0 bridgehead atoms. The Bertz CT molecular complexity index is 1290. The standard InChI is InChI=1S/C23H16FN5S/c24-18-12-10-16(11-13-18)22-17(15-29(28-22)19-6-2-1-3-7-19)14-25-27-23-26-20-8-4-5-9-21(20)30-23/h1-15H,(H,26,27). The summed E-state index contributed by atoms with van der Waals surface area (Å²) in [7, 11) is 0. The zero-order valence-corrected chi connectivity index (χ0v) is 16.6. The molecule has 1 N–H and O–H groups in total. The fraction of sp³-hybridized carbons (Fsp3) is 0. The van der Waals surface area contributed by atoms with E-state index >= 15 is 0 Å². The number of hydrogen-bond donors (Lipinski definition) is 1. The van der Waals surface area contributed by atoms with Crippen LogP contribution >= 0.6 is 11.3 Å². The van der Waals surface area contributed by atoms with Gasteiger partial charge >= 0.3 is 0 Å². The van der Waals surface area contributed by atoms with Crippen molar-refractivity contribution in [2.75, 3.05) is 5.43 Å². The first-order valence-corrected chi connectivity index (χ1v) is 10.1. The minimum absolute atomic E-state index is 0.283. The normalized spacial score (nSPS) is 11.4. The number of nitrogens with zero attached hydrogens (tertiary/aromatic N) is 4. The van der Waals surface area contributed by atoms with Crippen LogP contribution in [0.15, 0.2) is 90.2 Å². The molecule has 0 saturated heterocycles. The van der Waals surface area contributed by atoms with E-state index in [0.717, 1.165) is 27.0 Å². The lowest BCUT2D eigenvalue weighted by atomic mass is 10.1. The van der Waals surface area contributed by atoms with E-state index in [1.165, 1.54) is 23.5 Å². The van der Waals surface area contributed by atoms with Crippen LogP contribution in [0.2, 0.25) is 0 Å². The van der Waals surface area contributed by atoms with Gasteiger partial charge in [0.2, 0.25) is 5.13 Å². The molecular weight excluding hydrogens is 397 g/mol. The third kappa shape index (κ3) is 3.70. The van der Waals surface area contributed by atoms with Gasteiger partial charge in [0.1, 0.15) is 11.5 Å². The van der Waals surface area contributed by atoms with Crippen LogP contribution in [-0.2, 0) is 0 Å². The maximum Gasteiger partial charge on any atom is 0.204 e. The van der Waals surface area contributed by atoms with E-state index in [1.54, 1.807) is 23.0 Å². The molecule has 0 unspecified atom stereocenters. The average Bonchev–Trinajstić information content (AvgIpc) is 3.39. The molecule has 0 amide bonds. The summed E-state index contributed by atoms with van der Waals surface area (Å²) >= 11 is 1.54. The van der Waals surface area contributed by atoms with Crippen molar-refractivity contribution in [1.29, 1.82) is 0 Å². The topological polar surface area (TPSA) is 55.1 Å². The maximum absolute atomic E-state index is 13.4. The lowest BCUT2D eigenvalue weighted by molar-refractivity contribution is 0.628. The molecule has 30 heavy (non-hydrogen) atoms. The van der Waals surface area contributed by atoms with Crippen LogP contribution in [0.4, 0.5) is 9.52 Å². The van der Waals surface area contributed by atoms with Gasteiger partial charge in [-0.1, -0.05) is 41.7 Å². The number of nitrogens with one attached hydrogen (secondary N) is 1. The van der Waals surface area contributed by atoms with Crippen molar-refractivity contribution in [2.24, 2.45) is 5.10 Å². The first-order chi connectivity index (χ1) is 14.8. The number of anilines is 1. The Hall–Kier alpha value is -3.84. The number of hydrogen-bond acceptors (Lipinski definition) is 5. The predicted molar refractivity (Wildman–Crippen MR) is 120 cm³/mol. The molecule has 146 valence electrons. The van der Waals surface area contributed by atoms with Gasteiger partial charge in [-0.3, -0.25) is 5.43 Å². The molecule has 0 aliphatic heterocycles. The van der Waals surface area contributed by atoms with Crippen LogP contribution in [0.1, 0.15) is 5.56 Å². The number of para-hydroxylation sites is 2. The molecule has 0 aliphatic carbocycles. The summed E-state index contributed by atoms with van der Waals surface area (Å²) < 4.78 is 16.3. The van der Waals surface area contributed by atoms with Crippen LogP contribution in [-0.4, -0.2) is 21.0 Å². The Morgan fingerprint density at radius 2 is 1.70 bits per heavy atom. The van der Waals surface area contributed by atoms with E-state index in [1.807, 2.05) is 60.8 Å². The zero-order chi connectivity index (χ0) is 20.3. The van der Waals surface area contributed by atoms with E-state index in [0.29, 0.717) is 10.8 Å². The Balaban J connectivity index is 1.48. The lowest BCUT2D eigenvalue weighted by Crippen LogP contribution is -1.94. The molecule has 0 spiro atoms. The Morgan fingerprint density at radius 3 is 2.50 bits per heavy atom. The molecule has 2 aromatic heterocycles. The van der Waals surface area contributed by atoms with Crippen LogP contribution in [0.5, 0.6) is 0 Å². The van der Waals surface area contributed by atoms with Gasteiger partial charge in [-0.25, -0.2) is 14.1 Å². The van der Waals surface area contributed by atoms with E-state index in [-0.39, 0.29) is 5.82 Å². The SMILES string of the molecule is Fc1ccc(-c2nn(-c3ccccc3)cc2C=NNc2nc3ccccc3s2)cc1. The van der Waals surface area contributed by atoms with E-state index in [9.17, 15) is 4.39 Å². The Morgan fingerprint density at radius 1 is 0.933 bits per heavy atom. The molecule has 0 fully saturated rings. The summed E-state index contributed by atoms with van der Waals surface area (Å²) in [5, 5.41) is 9.78. The van der Waals surface area contributed by atoms with Crippen LogP contribution in [0, 0.1) is 5.82 Å². The van der Waals surface area contributed by atoms with Gasteiger partial charge in [-0.2, -0.15) is 10.2 Å². The van der Waals surface area contributed by atoms with Gasteiger partial charge < -0.3 is 0 Å². The molecular formula is C23H16FN5S. The van der Waals surface area contributed by atoms with E-state index in [4.69, 9.17) is 5.10 Å². The molecule has 0 saturated carbocycles. The van der Waals surface area contributed by atoms with E-state index < -0.39 is 0 Å². The van der Waals surface area contributed by atoms with Crippen molar-refractivity contribution < 1.29 is 4.39 Å². The van der Waals surface area contributed by atoms with Crippen molar-refractivity contribution in [1.82, 2.24) is 14.8 Å². The zero-order valence-electron chi connectivity index (χ0n) is 15.7. The number of aromatic nitrogens is 3. The van der Waals surface area contributed by atoms with Gasteiger partial charge in [-0.05, 0) is 48.5 Å². The molecule has 0 aliphatic rings. The molecule has 2 heterocycles. The first-order valence-electron chi connectivity index (χ1n) is 9.32. The molecule has 5 rings (SSSR count). The molecule has 7 heteroatoms. The van der Waals surface area contributed by atoms with E-state index in [2.05, 4.69) is 15.5 Å². The number of fused-ring (bicyclic) bond motifs is 1. The van der Waals surface area contributed by atoms with Crippen molar-refractivity contribution in [3.8, 4) is 16.9 Å². The van der Waals surface area contributed by atoms with Gasteiger partial charge in [0.15, 0.2) is 0 Å². The van der Waals surface area contributed by atoms with Gasteiger partial charge in [-0.15, -0.1) is 0 Å². The highest BCUT2D eigenvalue weighted by Crippen LogP contribution is 2.26. The number of thiazole rings is 1. The Kier molecular flexibility index (Phi) is 4.78. The fourth-order valence-electron chi connectivity index (χ4n) is 3.10. The maximum atomic E-state index is 13.4. The van der Waals surface area contributed by atoms with Crippen molar-refractivity contribution >= 4 is 32.9 Å². The molecule has 3 aromatic carbocycles. The van der Waals surface area contributed by atoms with Crippen molar-refractivity contribution in [3.05, 3.63) is 96.4 Å². The highest BCUT2D eigenvalue weighted by molar-refractivity contribution is 7.22. The quantitative estimate of drug-likeness (QED) is 0.296. The summed E-state index contributed by atoms with van der Waals surface area (Å²) in [5.41, 5.74) is 7.20. The fourth-order valence-corrected chi connectivity index (χ4v) is 3.92. The van der Waals surface area contributed by atoms with Gasteiger partial charge in [0, 0.05) is 17.3 Å². The minimum Gasteiger partial charge on any atom is -0.253 e. The number of benzene rings is 3. The Labute approximate surface area is 176 Å². The first kappa shape index (κ1) is 18.2. The molecule has 5 nitrogen and oxygen atoms in total. The van der Waals surface area contributed by atoms with Crippen LogP contribution < -0.4 is 5.43 Å². The summed E-state index contributed by atoms with van der Waals surface area (Å²) in [6.45, 7) is 0. The summed E-state index contributed by atoms with van der Waals surface area (Å²) in [6.07, 6.45) is 3.61. The number of hydrazone groups is 1. The highest BCUT2D eigenvalue weighted by Gasteiger charge is 2.11. The largest absolute Gasteiger partial charge is 0.253 e.